The number of benzene rings is 2. The molecule has 1 heterocycles. The van der Waals surface area contributed by atoms with E-state index in [9.17, 15) is 4.79 Å². The van der Waals surface area contributed by atoms with E-state index in [1.807, 2.05) is 42.5 Å². The quantitative estimate of drug-likeness (QED) is 0.923. The van der Waals surface area contributed by atoms with Crippen LogP contribution in [0, 0.1) is 0 Å². The summed E-state index contributed by atoms with van der Waals surface area (Å²) in [5.41, 5.74) is 2.08. The zero-order valence-electron chi connectivity index (χ0n) is 13.0. The molecule has 0 saturated heterocycles. The first-order chi connectivity index (χ1) is 11.3. The highest BCUT2D eigenvalue weighted by Gasteiger charge is 2.25. The lowest BCUT2D eigenvalue weighted by Gasteiger charge is -2.19. The van der Waals surface area contributed by atoms with E-state index >= 15 is 0 Å². The molecule has 0 saturated carbocycles. The fraction of sp³-hybridized carbons (Fsp3) is 0.222. The maximum absolute atomic E-state index is 12.0. The average molecular weight is 309 g/mol. The Morgan fingerprint density at radius 1 is 1.13 bits per heavy atom. The van der Waals surface area contributed by atoms with Gasteiger partial charge in [0.2, 0.25) is 5.96 Å². The first kappa shape index (κ1) is 15.1. The summed E-state index contributed by atoms with van der Waals surface area (Å²) >= 11 is 0. The number of hydrogen-bond donors (Lipinski definition) is 1. The molecular formula is C18H19N3O2. The Morgan fingerprint density at radius 2 is 1.87 bits per heavy atom. The highest BCUT2D eigenvalue weighted by molar-refractivity contribution is 6.08. The zero-order valence-corrected chi connectivity index (χ0v) is 13.0. The lowest BCUT2D eigenvalue weighted by atomic mass is 10.1. The predicted octanol–water partition coefficient (Wildman–Crippen LogP) is 2.55. The number of rotatable bonds is 5. The highest BCUT2D eigenvalue weighted by atomic mass is 16.5. The molecule has 2 aromatic carbocycles. The Hall–Kier alpha value is -2.82. The SMILES string of the molecule is COc1ccc(NC2=NCC(=O)N2CCc2ccccc2)cc1. The molecule has 1 amide bonds. The van der Waals surface area contributed by atoms with Crippen molar-refractivity contribution in [3.05, 3.63) is 60.2 Å². The second-order valence-electron chi connectivity index (χ2n) is 5.27. The van der Waals surface area contributed by atoms with Crippen molar-refractivity contribution in [2.24, 2.45) is 4.99 Å². The monoisotopic (exact) mass is 309 g/mol. The molecule has 0 fully saturated rings. The van der Waals surface area contributed by atoms with Crippen molar-refractivity contribution in [3.8, 4) is 5.75 Å². The second kappa shape index (κ2) is 6.96. The van der Waals surface area contributed by atoms with E-state index < -0.39 is 0 Å². The van der Waals surface area contributed by atoms with Gasteiger partial charge in [-0.15, -0.1) is 0 Å². The summed E-state index contributed by atoms with van der Waals surface area (Å²) in [6.07, 6.45) is 0.801. The molecule has 0 spiro atoms. The van der Waals surface area contributed by atoms with E-state index in [2.05, 4.69) is 22.4 Å². The minimum Gasteiger partial charge on any atom is -0.497 e. The summed E-state index contributed by atoms with van der Waals surface area (Å²) in [6, 6.07) is 17.7. The van der Waals surface area contributed by atoms with E-state index in [1.54, 1.807) is 12.0 Å². The molecule has 5 heteroatoms. The molecule has 2 aromatic rings. The van der Waals surface area contributed by atoms with Gasteiger partial charge in [-0.05, 0) is 36.2 Å². The van der Waals surface area contributed by atoms with Crippen LogP contribution in [0.25, 0.3) is 0 Å². The fourth-order valence-electron chi connectivity index (χ4n) is 2.46. The van der Waals surface area contributed by atoms with Crippen molar-refractivity contribution in [2.45, 2.75) is 6.42 Å². The van der Waals surface area contributed by atoms with Gasteiger partial charge in [-0.25, -0.2) is 4.99 Å². The summed E-state index contributed by atoms with van der Waals surface area (Å²) in [5.74, 6) is 1.42. The minimum absolute atomic E-state index is 0.0249. The normalized spacial score (nSPS) is 13.9. The third kappa shape index (κ3) is 3.69. The number of methoxy groups -OCH3 is 1. The summed E-state index contributed by atoms with van der Waals surface area (Å²) in [7, 11) is 1.63. The van der Waals surface area contributed by atoms with Crippen LogP contribution in [0.3, 0.4) is 0 Å². The van der Waals surface area contributed by atoms with Gasteiger partial charge < -0.3 is 10.1 Å². The molecule has 0 aliphatic carbocycles. The lowest BCUT2D eigenvalue weighted by Crippen LogP contribution is -2.38. The van der Waals surface area contributed by atoms with Gasteiger partial charge in [0.05, 0.1) is 7.11 Å². The molecule has 118 valence electrons. The van der Waals surface area contributed by atoms with E-state index in [4.69, 9.17) is 4.74 Å². The van der Waals surface area contributed by atoms with Crippen molar-refractivity contribution >= 4 is 17.6 Å². The van der Waals surface area contributed by atoms with E-state index in [0.29, 0.717) is 12.5 Å². The maximum Gasteiger partial charge on any atom is 0.251 e. The Morgan fingerprint density at radius 3 is 2.57 bits per heavy atom. The first-order valence-electron chi connectivity index (χ1n) is 7.56. The number of carbonyl (C=O) groups is 1. The summed E-state index contributed by atoms with van der Waals surface area (Å²) in [6.45, 7) is 0.818. The summed E-state index contributed by atoms with van der Waals surface area (Å²) < 4.78 is 5.14. The number of anilines is 1. The van der Waals surface area contributed by atoms with Gasteiger partial charge in [0, 0.05) is 12.2 Å². The molecule has 0 aromatic heterocycles. The Labute approximate surface area is 135 Å². The van der Waals surface area contributed by atoms with Crippen LogP contribution in [0.1, 0.15) is 5.56 Å². The Balaban J connectivity index is 1.64. The van der Waals surface area contributed by atoms with Crippen LogP contribution in [0.15, 0.2) is 59.6 Å². The zero-order chi connectivity index (χ0) is 16.1. The van der Waals surface area contributed by atoms with Crippen LogP contribution in [0.5, 0.6) is 5.75 Å². The van der Waals surface area contributed by atoms with Gasteiger partial charge >= 0.3 is 0 Å². The second-order valence-corrected chi connectivity index (χ2v) is 5.27. The van der Waals surface area contributed by atoms with Crippen molar-refractivity contribution in [3.63, 3.8) is 0 Å². The van der Waals surface area contributed by atoms with Gasteiger partial charge in [-0.1, -0.05) is 30.3 Å². The fourth-order valence-corrected chi connectivity index (χ4v) is 2.46. The number of guanidine groups is 1. The summed E-state index contributed by atoms with van der Waals surface area (Å²) in [5, 5.41) is 3.21. The molecular weight excluding hydrogens is 290 g/mol. The smallest absolute Gasteiger partial charge is 0.251 e. The Bertz CT molecular complexity index is 696. The third-order valence-electron chi connectivity index (χ3n) is 3.73. The van der Waals surface area contributed by atoms with Crippen molar-refractivity contribution in [1.82, 2.24) is 4.90 Å². The number of nitrogens with one attached hydrogen (secondary N) is 1. The summed E-state index contributed by atoms with van der Waals surface area (Å²) in [4.78, 5) is 18.1. The van der Waals surface area contributed by atoms with E-state index in [1.165, 1.54) is 5.56 Å². The maximum atomic E-state index is 12.0. The van der Waals surface area contributed by atoms with Gasteiger partial charge in [0.1, 0.15) is 12.3 Å². The Kier molecular flexibility index (Phi) is 4.57. The number of amides is 1. The van der Waals surface area contributed by atoms with E-state index in [0.717, 1.165) is 17.9 Å². The van der Waals surface area contributed by atoms with Gasteiger partial charge in [-0.2, -0.15) is 0 Å². The van der Waals surface area contributed by atoms with Crippen LogP contribution < -0.4 is 10.1 Å². The highest BCUT2D eigenvalue weighted by Crippen LogP contribution is 2.17. The lowest BCUT2D eigenvalue weighted by molar-refractivity contribution is -0.124. The van der Waals surface area contributed by atoms with Crippen LogP contribution in [0.2, 0.25) is 0 Å². The van der Waals surface area contributed by atoms with Crippen LogP contribution in [-0.2, 0) is 11.2 Å². The van der Waals surface area contributed by atoms with E-state index in [-0.39, 0.29) is 12.5 Å². The van der Waals surface area contributed by atoms with Gasteiger partial charge in [0.25, 0.3) is 5.91 Å². The molecule has 1 aliphatic rings. The van der Waals surface area contributed by atoms with Crippen molar-refractivity contribution in [1.29, 1.82) is 0 Å². The molecule has 0 bridgehead atoms. The van der Waals surface area contributed by atoms with Gasteiger partial charge in [0.15, 0.2) is 0 Å². The average Bonchev–Trinajstić information content (AvgIpc) is 2.94. The molecule has 1 aliphatic heterocycles. The van der Waals surface area contributed by atoms with Crippen molar-refractivity contribution < 1.29 is 9.53 Å². The van der Waals surface area contributed by atoms with Crippen LogP contribution in [-0.4, -0.2) is 37.0 Å². The molecule has 23 heavy (non-hydrogen) atoms. The number of nitrogens with zero attached hydrogens (tertiary/aromatic N) is 2. The number of aliphatic imine (C=N–C) groups is 1. The standard InChI is InChI=1S/C18H19N3O2/c1-23-16-9-7-15(8-10-16)20-18-19-13-17(22)21(18)12-11-14-5-3-2-4-6-14/h2-10H,11-13H2,1H3,(H,19,20). The van der Waals surface area contributed by atoms with Crippen LogP contribution in [0.4, 0.5) is 5.69 Å². The number of carbonyl (C=O) groups excluding carboxylic acids is 1. The molecule has 0 radical (unpaired) electrons. The number of ether oxygens (including phenoxy) is 1. The topological polar surface area (TPSA) is 53.9 Å². The molecule has 0 atom stereocenters. The first-order valence-corrected chi connectivity index (χ1v) is 7.56. The molecule has 0 unspecified atom stereocenters. The third-order valence-corrected chi connectivity index (χ3v) is 3.73. The minimum atomic E-state index is 0.0249. The predicted molar refractivity (Wildman–Crippen MR) is 90.8 cm³/mol. The largest absolute Gasteiger partial charge is 0.497 e. The molecule has 5 nitrogen and oxygen atoms in total. The van der Waals surface area contributed by atoms with Gasteiger partial charge in [-0.3, -0.25) is 9.69 Å². The van der Waals surface area contributed by atoms with Crippen LogP contribution >= 0.6 is 0 Å². The van der Waals surface area contributed by atoms with Crippen molar-refractivity contribution in [2.75, 3.05) is 25.5 Å². The number of hydrogen-bond acceptors (Lipinski definition) is 4. The molecule has 3 rings (SSSR count). The molecule has 1 N–H and O–H groups in total.